The number of benzene rings is 1. The molecule has 0 saturated carbocycles. The van der Waals surface area contributed by atoms with Crippen molar-refractivity contribution in [3.63, 3.8) is 0 Å². The maximum Gasteiger partial charge on any atom is 0.200 e. The maximum absolute atomic E-state index is 13.5. The van der Waals surface area contributed by atoms with Gasteiger partial charge in [-0.25, -0.2) is 22.0 Å². The number of hydrogen-bond acceptors (Lipinski definition) is 1. The predicted molar refractivity (Wildman–Crippen MR) is 63.9 cm³/mol. The molecule has 1 unspecified atom stereocenters. The zero-order valence-corrected chi connectivity index (χ0v) is 11.2. The summed E-state index contributed by atoms with van der Waals surface area (Å²) >= 11 is 0. The molecule has 112 valence electrons. The van der Waals surface area contributed by atoms with Crippen LogP contribution in [0.15, 0.2) is 0 Å². The molecule has 6 heteroatoms. The SMILES string of the molecule is CCCCC(CC)C(=O)c1c(F)c(F)c(F)c(F)c1F. The van der Waals surface area contributed by atoms with Crippen molar-refractivity contribution in [2.45, 2.75) is 39.5 Å². The third-order valence-corrected chi connectivity index (χ3v) is 3.23. The van der Waals surface area contributed by atoms with Gasteiger partial charge in [0.05, 0.1) is 5.56 Å². The number of hydrogen-bond donors (Lipinski definition) is 0. The van der Waals surface area contributed by atoms with Crippen molar-refractivity contribution in [3.8, 4) is 0 Å². The Kier molecular flexibility index (Phi) is 5.65. The Morgan fingerprint density at radius 1 is 0.900 bits per heavy atom. The molecule has 0 radical (unpaired) electrons. The summed E-state index contributed by atoms with van der Waals surface area (Å²) in [6, 6.07) is 0. The minimum atomic E-state index is -2.25. The first kappa shape index (κ1) is 16.6. The van der Waals surface area contributed by atoms with E-state index in [4.69, 9.17) is 0 Å². The summed E-state index contributed by atoms with van der Waals surface area (Å²) in [6.45, 7) is 3.50. The van der Waals surface area contributed by atoms with Crippen LogP contribution in [0.1, 0.15) is 49.9 Å². The fourth-order valence-corrected chi connectivity index (χ4v) is 2.00. The molecular formula is C14H15F5O. The van der Waals surface area contributed by atoms with Crippen LogP contribution in [0.3, 0.4) is 0 Å². The topological polar surface area (TPSA) is 17.1 Å². The summed E-state index contributed by atoms with van der Waals surface area (Å²) in [5, 5.41) is 0. The standard InChI is InChI=1S/C14H15F5O/c1-3-5-6-7(4-2)14(20)8-9(15)11(17)13(19)12(18)10(8)16/h7H,3-6H2,1-2H3. The highest BCUT2D eigenvalue weighted by molar-refractivity contribution is 5.98. The fraction of sp³-hybridized carbons (Fsp3) is 0.500. The van der Waals surface area contributed by atoms with Gasteiger partial charge in [-0.1, -0.05) is 26.7 Å². The fourth-order valence-electron chi connectivity index (χ4n) is 2.00. The Balaban J connectivity index is 3.28. The lowest BCUT2D eigenvalue weighted by Crippen LogP contribution is -2.20. The van der Waals surface area contributed by atoms with Crippen molar-refractivity contribution in [2.75, 3.05) is 0 Å². The van der Waals surface area contributed by atoms with Crippen LogP contribution < -0.4 is 0 Å². The Labute approximate surface area is 113 Å². The second-order valence-corrected chi connectivity index (χ2v) is 4.56. The van der Waals surface area contributed by atoms with E-state index in [9.17, 15) is 26.7 Å². The van der Waals surface area contributed by atoms with Crippen LogP contribution in [0.4, 0.5) is 22.0 Å². The van der Waals surface area contributed by atoms with Crippen LogP contribution in [0.5, 0.6) is 0 Å². The van der Waals surface area contributed by atoms with Crippen LogP contribution in [-0.4, -0.2) is 5.78 Å². The van der Waals surface area contributed by atoms with E-state index < -0.39 is 46.4 Å². The van der Waals surface area contributed by atoms with Crippen molar-refractivity contribution in [1.82, 2.24) is 0 Å². The molecule has 0 fully saturated rings. The number of carbonyl (C=O) groups is 1. The van der Waals surface area contributed by atoms with Gasteiger partial charge < -0.3 is 0 Å². The lowest BCUT2D eigenvalue weighted by Gasteiger charge is -2.15. The number of unbranched alkanes of at least 4 members (excludes halogenated alkanes) is 1. The second kappa shape index (κ2) is 6.81. The highest BCUT2D eigenvalue weighted by Crippen LogP contribution is 2.27. The molecule has 0 aliphatic carbocycles. The van der Waals surface area contributed by atoms with Gasteiger partial charge in [-0.3, -0.25) is 4.79 Å². The quantitative estimate of drug-likeness (QED) is 0.319. The zero-order valence-electron chi connectivity index (χ0n) is 11.2. The summed E-state index contributed by atoms with van der Waals surface area (Å²) in [7, 11) is 0. The van der Waals surface area contributed by atoms with E-state index in [1.165, 1.54) is 0 Å². The molecule has 0 amide bonds. The summed E-state index contributed by atoms with van der Waals surface area (Å²) < 4.78 is 66.1. The molecular weight excluding hydrogens is 279 g/mol. The summed E-state index contributed by atoms with van der Waals surface area (Å²) in [5.41, 5.74) is -1.33. The molecule has 0 aromatic heterocycles. The first-order valence-corrected chi connectivity index (χ1v) is 6.42. The van der Waals surface area contributed by atoms with E-state index in [1.54, 1.807) is 6.92 Å². The molecule has 1 nitrogen and oxygen atoms in total. The van der Waals surface area contributed by atoms with E-state index in [0.29, 0.717) is 12.8 Å². The number of Topliss-reactive ketones (excluding diaryl/α,β-unsaturated/α-hetero) is 1. The lowest BCUT2D eigenvalue weighted by molar-refractivity contribution is 0.0896. The molecule has 0 aliphatic rings. The predicted octanol–water partition coefficient (Wildman–Crippen LogP) is 4.78. The monoisotopic (exact) mass is 294 g/mol. The normalized spacial score (nSPS) is 12.6. The first-order valence-electron chi connectivity index (χ1n) is 6.42. The minimum absolute atomic E-state index is 0.276. The molecule has 1 aromatic carbocycles. The van der Waals surface area contributed by atoms with Gasteiger partial charge in [0.2, 0.25) is 5.82 Å². The van der Waals surface area contributed by atoms with E-state index in [1.807, 2.05) is 6.92 Å². The smallest absolute Gasteiger partial charge is 0.200 e. The summed E-state index contributed by atoms with van der Waals surface area (Å²) in [4.78, 5) is 12.0. The molecule has 0 bridgehead atoms. The third kappa shape index (κ3) is 2.99. The highest BCUT2D eigenvalue weighted by Gasteiger charge is 2.32. The maximum atomic E-state index is 13.5. The number of ketones is 1. The van der Waals surface area contributed by atoms with E-state index in [0.717, 1.165) is 6.42 Å². The van der Waals surface area contributed by atoms with Gasteiger partial charge in [0, 0.05) is 5.92 Å². The second-order valence-electron chi connectivity index (χ2n) is 4.56. The largest absolute Gasteiger partial charge is 0.294 e. The molecule has 0 aliphatic heterocycles. The van der Waals surface area contributed by atoms with Crippen LogP contribution in [0, 0.1) is 35.0 Å². The average molecular weight is 294 g/mol. The third-order valence-electron chi connectivity index (χ3n) is 3.23. The Bertz CT molecular complexity index is 484. The van der Waals surface area contributed by atoms with Crippen molar-refractivity contribution < 1.29 is 26.7 Å². The van der Waals surface area contributed by atoms with E-state index in [-0.39, 0.29) is 6.42 Å². The number of carbonyl (C=O) groups excluding carboxylic acids is 1. The van der Waals surface area contributed by atoms with Crippen molar-refractivity contribution in [1.29, 1.82) is 0 Å². The summed E-state index contributed by atoms with van der Waals surface area (Å²) in [5.74, 6) is -12.3. The van der Waals surface area contributed by atoms with Crippen molar-refractivity contribution in [3.05, 3.63) is 34.6 Å². The molecule has 0 N–H and O–H groups in total. The summed E-state index contributed by atoms with van der Waals surface area (Å²) in [6.07, 6.45) is 2.03. The minimum Gasteiger partial charge on any atom is -0.294 e. The van der Waals surface area contributed by atoms with Gasteiger partial charge in [0.1, 0.15) is 0 Å². The van der Waals surface area contributed by atoms with Crippen LogP contribution >= 0.6 is 0 Å². The van der Waals surface area contributed by atoms with Gasteiger partial charge in [0.25, 0.3) is 0 Å². The van der Waals surface area contributed by atoms with Gasteiger partial charge in [0.15, 0.2) is 29.1 Å². The lowest BCUT2D eigenvalue weighted by atomic mass is 9.90. The zero-order chi connectivity index (χ0) is 15.4. The Hall–Kier alpha value is -1.46. The highest BCUT2D eigenvalue weighted by atomic mass is 19.2. The molecule has 20 heavy (non-hydrogen) atoms. The van der Waals surface area contributed by atoms with E-state index >= 15 is 0 Å². The average Bonchev–Trinajstić information content (AvgIpc) is 2.44. The Morgan fingerprint density at radius 3 is 1.75 bits per heavy atom. The van der Waals surface area contributed by atoms with Crippen LogP contribution in [-0.2, 0) is 0 Å². The van der Waals surface area contributed by atoms with E-state index in [2.05, 4.69) is 0 Å². The first-order chi connectivity index (χ1) is 9.36. The van der Waals surface area contributed by atoms with Gasteiger partial charge >= 0.3 is 0 Å². The molecule has 1 atom stereocenters. The molecule has 1 aromatic rings. The van der Waals surface area contributed by atoms with Crippen LogP contribution in [0.2, 0.25) is 0 Å². The van der Waals surface area contributed by atoms with Crippen molar-refractivity contribution >= 4 is 5.78 Å². The van der Waals surface area contributed by atoms with Gasteiger partial charge in [-0.05, 0) is 12.8 Å². The number of rotatable bonds is 6. The molecule has 1 rings (SSSR count). The Morgan fingerprint density at radius 2 is 1.35 bits per heavy atom. The van der Waals surface area contributed by atoms with Gasteiger partial charge in [-0.2, -0.15) is 0 Å². The van der Waals surface area contributed by atoms with Gasteiger partial charge in [-0.15, -0.1) is 0 Å². The molecule has 0 saturated heterocycles. The van der Waals surface area contributed by atoms with Crippen molar-refractivity contribution in [2.24, 2.45) is 5.92 Å². The number of halogens is 5. The molecule has 0 heterocycles. The van der Waals surface area contributed by atoms with Crippen LogP contribution in [0.25, 0.3) is 0 Å². The molecule has 0 spiro atoms.